The van der Waals surface area contributed by atoms with Crippen LogP contribution in [0.15, 0.2) is 29.6 Å². The van der Waals surface area contributed by atoms with Crippen molar-refractivity contribution < 1.29 is 4.79 Å². The summed E-state index contributed by atoms with van der Waals surface area (Å²) in [6.07, 6.45) is 2.40. The molecule has 6 heteroatoms. The van der Waals surface area contributed by atoms with E-state index in [1.165, 1.54) is 5.56 Å². The van der Waals surface area contributed by atoms with Crippen LogP contribution in [0.4, 0.5) is 0 Å². The zero-order valence-electron chi connectivity index (χ0n) is 14.7. The maximum Gasteiger partial charge on any atom is 0.226 e. The van der Waals surface area contributed by atoms with Crippen LogP contribution in [0.5, 0.6) is 0 Å². The summed E-state index contributed by atoms with van der Waals surface area (Å²) in [5.41, 5.74) is 3.30. The number of carbonyl (C=O) groups is 1. The molecule has 1 amide bonds. The van der Waals surface area contributed by atoms with Gasteiger partial charge in [0.15, 0.2) is 0 Å². The van der Waals surface area contributed by atoms with Gasteiger partial charge in [0.05, 0.1) is 12.1 Å². The van der Waals surface area contributed by atoms with Crippen molar-refractivity contribution >= 4 is 29.7 Å². The lowest BCUT2D eigenvalue weighted by Crippen LogP contribution is -2.48. The first-order chi connectivity index (χ1) is 11.7. The van der Waals surface area contributed by atoms with Gasteiger partial charge in [0, 0.05) is 17.0 Å². The number of benzene rings is 1. The summed E-state index contributed by atoms with van der Waals surface area (Å²) in [5.74, 6) is 0.553. The lowest BCUT2D eigenvalue weighted by Gasteiger charge is -2.30. The Morgan fingerprint density at radius 2 is 2.12 bits per heavy atom. The van der Waals surface area contributed by atoms with Crippen molar-refractivity contribution in [1.82, 2.24) is 15.6 Å². The molecule has 0 spiro atoms. The highest BCUT2D eigenvalue weighted by molar-refractivity contribution is 7.13. The molecule has 1 aliphatic heterocycles. The number of nitrogens with zero attached hydrogens (tertiary/aromatic N) is 1. The summed E-state index contributed by atoms with van der Waals surface area (Å²) in [5, 5.41) is 9.50. The molecule has 2 unspecified atom stereocenters. The van der Waals surface area contributed by atoms with Crippen molar-refractivity contribution in [3.63, 3.8) is 0 Å². The van der Waals surface area contributed by atoms with Crippen LogP contribution < -0.4 is 10.6 Å². The van der Waals surface area contributed by atoms with E-state index in [1.807, 2.05) is 5.38 Å². The number of nitrogens with one attached hydrogen (secondary N) is 2. The zero-order valence-corrected chi connectivity index (χ0v) is 16.4. The lowest BCUT2D eigenvalue weighted by atomic mass is 9.95. The Labute approximate surface area is 159 Å². The van der Waals surface area contributed by atoms with E-state index in [2.05, 4.69) is 53.7 Å². The predicted molar refractivity (Wildman–Crippen MR) is 106 cm³/mol. The first-order valence-corrected chi connectivity index (χ1v) is 9.57. The standard InChI is InChI=1S/C19H25N3OS.ClH/c1-3-14-4-6-15(7-5-14)19-21-16(12-24-19)10-18(23)22-17-8-9-20-11-13(17)2;/h4-7,12-13,17,20H,3,8-11H2,1-2H3,(H,22,23);1H. The van der Waals surface area contributed by atoms with Crippen molar-refractivity contribution in [2.24, 2.45) is 5.92 Å². The molecular formula is C19H26ClN3OS. The average molecular weight is 380 g/mol. The molecule has 136 valence electrons. The Bertz CT molecular complexity index is 686. The minimum atomic E-state index is 0. The van der Waals surface area contributed by atoms with Crippen molar-refractivity contribution in [1.29, 1.82) is 0 Å². The Morgan fingerprint density at radius 1 is 1.36 bits per heavy atom. The number of rotatable bonds is 5. The Balaban J connectivity index is 0.00000225. The molecular weight excluding hydrogens is 354 g/mol. The molecule has 2 atom stereocenters. The van der Waals surface area contributed by atoms with Crippen LogP contribution in [-0.4, -0.2) is 30.0 Å². The van der Waals surface area contributed by atoms with Crippen LogP contribution in [-0.2, 0) is 17.6 Å². The van der Waals surface area contributed by atoms with Crippen LogP contribution in [0.1, 0.15) is 31.5 Å². The molecule has 1 saturated heterocycles. The molecule has 3 rings (SSSR count). The SMILES string of the molecule is CCc1ccc(-c2nc(CC(=O)NC3CCNCC3C)cs2)cc1.Cl. The van der Waals surface area contributed by atoms with Crippen LogP contribution in [0.3, 0.4) is 0 Å². The molecule has 4 nitrogen and oxygen atoms in total. The number of hydrogen-bond donors (Lipinski definition) is 2. The molecule has 1 fully saturated rings. The van der Waals surface area contributed by atoms with E-state index in [0.717, 1.165) is 42.2 Å². The summed E-state index contributed by atoms with van der Waals surface area (Å²) in [6, 6.07) is 8.78. The third kappa shape index (κ3) is 5.27. The van der Waals surface area contributed by atoms with Gasteiger partial charge in [0.2, 0.25) is 5.91 Å². The molecule has 2 N–H and O–H groups in total. The van der Waals surface area contributed by atoms with Crippen LogP contribution >= 0.6 is 23.7 Å². The fourth-order valence-corrected chi connectivity index (χ4v) is 3.88. The topological polar surface area (TPSA) is 54.0 Å². The maximum absolute atomic E-state index is 12.3. The fraction of sp³-hybridized carbons (Fsp3) is 0.474. The van der Waals surface area contributed by atoms with Gasteiger partial charge in [-0.15, -0.1) is 23.7 Å². The van der Waals surface area contributed by atoms with E-state index < -0.39 is 0 Å². The Kier molecular flexibility index (Phi) is 7.41. The molecule has 0 radical (unpaired) electrons. The molecule has 0 aliphatic carbocycles. The minimum Gasteiger partial charge on any atom is -0.353 e. The van der Waals surface area contributed by atoms with Crippen molar-refractivity contribution in [2.75, 3.05) is 13.1 Å². The van der Waals surface area contributed by atoms with Crippen LogP contribution in [0, 0.1) is 5.92 Å². The highest BCUT2D eigenvalue weighted by Crippen LogP contribution is 2.24. The molecule has 0 saturated carbocycles. The van der Waals surface area contributed by atoms with Crippen molar-refractivity contribution in [3.8, 4) is 10.6 Å². The molecule has 1 aromatic carbocycles. The second kappa shape index (κ2) is 9.32. The Morgan fingerprint density at radius 3 is 2.80 bits per heavy atom. The molecule has 2 aromatic rings. The summed E-state index contributed by atoms with van der Waals surface area (Å²) in [7, 11) is 0. The third-order valence-corrected chi connectivity index (χ3v) is 5.57. The smallest absolute Gasteiger partial charge is 0.226 e. The second-order valence-electron chi connectivity index (χ2n) is 6.52. The van der Waals surface area contributed by atoms with Gasteiger partial charge >= 0.3 is 0 Å². The number of halogens is 1. The Hall–Kier alpha value is -1.43. The third-order valence-electron chi connectivity index (χ3n) is 4.63. The number of amides is 1. The molecule has 0 bridgehead atoms. The highest BCUT2D eigenvalue weighted by Gasteiger charge is 2.22. The molecule has 1 aromatic heterocycles. The molecule has 1 aliphatic rings. The summed E-state index contributed by atoms with van der Waals surface area (Å²) < 4.78 is 0. The number of piperidine rings is 1. The minimum absolute atomic E-state index is 0. The quantitative estimate of drug-likeness (QED) is 0.836. The first kappa shape index (κ1) is 19.9. The van der Waals surface area contributed by atoms with Crippen molar-refractivity contribution in [3.05, 3.63) is 40.9 Å². The number of aryl methyl sites for hydroxylation is 1. The van der Waals surface area contributed by atoms with Crippen LogP contribution in [0.2, 0.25) is 0 Å². The zero-order chi connectivity index (χ0) is 16.9. The fourth-order valence-electron chi connectivity index (χ4n) is 3.05. The van der Waals surface area contributed by atoms with Gasteiger partial charge in [0.25, 0.3) is 0 Å². The van der Waals surface area contributed by atoms with E-state index in [-0.39, 0.29) is 24.4 Å². The summed E-state index contributed by atoms with van der Waals surface area (Å²) in [4.78, 5) is 16.9. The normalized spacial score (nSPS) is 19.9. The predicted octanol–water partition coefficient (Wildman–Crippen LogP) is 3.45. The van der Waals surface area contributed by atoms with Gasteiger partial charge in [-0.1, -0.05) is 38.1 Å². The van der Waals surface area contributed by atoms with E-state index >= 15 is 0 Å². The second-order valence-corrected chi connectivity index (χ2v) is 7.37. The largest absolute Gasteiger partial charge is 0.353 e. The number of thiazole rings is 1. The van der Waals surface area contributed by atoms with Crippen LogP contribution in [0.25, 0.3) is 10.6 Å². The van der Waals surface area contributed by atoms with Gasteiger partial charge in [-0.25, -0.2) is 4.98 Å². The van der Waals surface area contributed by atoms with Crippen molar-refractivity contribution in [2.45, 2.75) is 39.2 Å². The summed E-state index contributed by atoms with van der Waals surface area (Å²) >= 11 is 1.60. The van der Waals surface area contributed by atoms with E-state index in [1.54, 1.807) is 11.3 Å². The van der Waals surface area contributed by atoms with E-state index in [9.17, 15) is 4.79 Å². The maximum atomic E-state index is 12.3. The number of carbonyl (C=O) groups excluding carboxylic acids is 1. The first-order valence-electron chi connectivity index (χ1n) is 8.69. The van der Waals surface area contributed by atoms with Gasteiger partial charge < -0.3 is 10.6 Å². The average Bonchev–Trinajstić information content (AvgIpc) is 3.05. The molecule has 25 heavy (non-hydrogen) atoms. The molecule has 2 heterocycles. The number of hydrogen-bond acceptors (Lipinski definition) is 4. The highest BCUT2D eigenvalue weighted by atomic mass is 35.5. The van der Waals surface area contributed by atoms with Gasteiger partial charge in [0.1, 0.15) is 5.01 Å². The van der Waals surface area contributed by atoms with Gasteiger partial charge in [-0.3, -0.25) is 4.79 Å². The lowest BCUT2D eigenvalue weighted by molar-refractivity contribution is -0.121. The van der Waals surface area contributed by atoms with E-state index in [0.29, 0.717) is 12.3 Å². The van der Waals surface area contributed by atoms with E-state index in [4.69, 9.17) is 0 Å². The van der Waals surface area contributed by atoms with Gasteiger partial charge in [-0.05, 0) is 37.4 Å². The monoisotopic (exact) mass is 379 g/mol. The van der Waals surface area contributed by atoms with Gasteiger partial charge in [-0.2, -0.15) is 0 Å². The summed E-state index contributed by atoms with van der Waals surface area (Å²) in [6.45, 7) is 6.28. The number of aromatic nitrogens is 1.